The number of aliphatic carboxylic acids is 2. The van der Waals surface area contributed by atoms with Crippen LogP contribution < -0.4 is 21.7 Å². The summed E-state index contributed by atoms with van der Waals surface area (Å²) in [5.41, 5.74) is 5.73. The molecule has 0 aliphatic heterocycles. The molecule has 8 N–H and O–H groups in total. The number of carboxylic acid groups (broad SMARTS) is 2. The zero-order valence-corrected chi connectivity index (χ0v) is 18.8. The molecule has 0 aromatic rings. The van der Waals surface area contributed by atoms with Crippen molar-refractivity contribution in [2.45, 2.75) is 63.9 Å². The molecule has 0 aromatic heterocycles. The maximum Gasteiger partial charge on any atom is 0.326 e. The Hall–Kier alpha value is -2.38. The molecule has 31 heavy (non-hydrogen) atoms. The summed E-state index contributed by atoms with van der Waals surface area (Å²) < 4.78 is 0. The van der Waals surface area contributed by atoms with Crippen LogP contribution in [0.2, 0.25) is 0 Å². The number of thioether (sulfide) groups is 1. The van der Waals surface area contributed by atoms with Crippen LogP contribution in [0.1, 0.15) is 33.6 Å². The van der Waals surface area contributed by atoms with Gasteiger partial charge in [0, 0.05) is 0 Å². The van der Waals surface area contributed by atoms with Gasteiger partial charge in [-0.05, 0) is 31.3 Å². The first kappa shape index (κ1) is 28.6. The average molecular weight is 465 g/mol. The third-order valence-electron chi connectivity index (χ3n) is 4.27. The minimum Gasteiger partial charge on any atom is -0.481 e. The fraction of sp³-hybridized carbons (Fsp3) is 0.722. The van der Waals surface area contributed by atoms with E-state index >= 15 is 0 Å². The van der Waals surface area contributed by atoms with Gasteiger partial charge in [-0.2, -0.15) is 11.8 Å². The van der Waals surface area contributed by atoms with Gasteiger partial charge in [0.05, 0.1) is 18.6 Å². The van der Waals surface area contributed by atoms with E-state index in [0.717, 1.165) is 0 Å². The van der Waals surface area contributed by atoms with Gasteiger partial charge in [0.15, 0.2) is 0 Å². The van der Waals surface area contributed by atoms with Crippen molar-refractivity contribution >= 4 is 41.4 Å². The molecule has 0 rings (SSSR count). The summed E-state index contributed by atoms with van der Waals surface area (Å²) in [5, 5.41) is 34.8. The van der Waals surface area contributed by atoms with Gasteiger partial charge < -0.3 is 37.0 Å². The third-order valence-corrected chi connectivity index (χ3v) is 4.92. The first-order chi connectivity index (χ1) is 14.3. The molecule has 3 amide bonds. The maximum atomic E-state index is 12.6. The van der Waals surface area contributed by atoms with Crippen molar-refractivity contribution in [3.05, 3.63) is 0 Å². The summed E-state index contributed by atoms with van der Waals surface area (Å²) in [5.74, 6) is -5.33. The molecular formula is C18H32N4O8S. The van der Waals surface area contributed by atoms with Crippen LogP contribution in [-0.4, -0.2) is 87.3 Å². The number of carbonyl (C=O) groups is 5. The fourth-order valence-electron chi connectivity index (χ4n) is 2.45. The Morgan fingerprint density at radius 1 is 0.903 bits per heavy atom. The lowest BCUT2D eigenvalue weighted by atomic mass is 10.0. The number of aliphatic hydroxyl groups is 1. The summed E-state index contributed by atoms with van der Waals surface area (Å²) >= 11 is 1.46. The van der Waals surface area contributed by atoms with Crippen LogP contribution in [0, 0.1) is 5.92 Å². The molecule has 0 aromatic carbocycles. The number of aliphatic hydroxyl groups excluding tert-OH is 1. The summed E-state index contributed by atoms with van der Waals surface area (Å²) in [4.78, 5) is 59.6. The van der Waals surface area contributed by atoms with Crippen molar-refractivity contribution in [1.29, 1.82) is 0 Å². The van der Waals surface area contributed by atoms with Crippen molar-refractivity contribution in [3.63, 3.8) is 0 Å². The van der Waals surface area contributed by atoms with Crippen molar-refractivity contribution in [2.24, 2.45) is 11.7 Å². The number of carbonyl (C=O) groups excluding carboxylic acids is 3. The monoisotopic (exact) mass is 464 g/mol. The predicted molar refractivity (Wildman–Crippen MR) is 113 cm³/mol. The van der Waals surface area contributed by atoms with E-state index in [0.29, 0.717) is 12.2 Å². The highest BCUT2D eigenvalue weighted by Crippen LogP contribution is 2.05. The number of hydrogen-bond acceptors (Lipinski definition) is 8. The van der Waals surface area contributed by atoms with Gasteiger partial charge in [0.2, 0.25) is 17.7 Å². The minimum atomic E-state index is -1.58. The lowest BCUT2D eigenvalue weighted by molar-refractivity contribution is -0.145. The Morgan fingerprint density at radius 2 is 1.45 bits per heavy atom. The van der Waals surface area contributed by atoms with Crippen LogP contribution >= 0.6 is 11.8 Å². The van der Waals surface area contributed by atoms with Gasteiger partial charge in [-0.3, -0.25) is 19.2 Å². The molecule has 0 saturated carbocycles. The Balaban J connectivity index is 5.39. The van der Waals surface area contributed by atoms with Crippen LogP contribution in [0.15, 0.2) is 0 Å². The van der Waals surface area contributed by atoms with Crippen molar-refractivity contribution in [3.8, 4) is 0 Å². The van der Waals surface area contributed by atoms with Crippen LogP contribution in [0.4, 0.5) is 0 Å². The number of carboxylic acids is 2. The molecule has 12 nitrogen and oxygen atoms in total. The van der Waals surface area contributed by atoms with Gasteiger partial charge in [-0.15, -0.1) is 0 Å². The quantitative estimate of drug-likeness (QED) is 0.152. The van der Waals surface area contributed by atoms with Gasteiger partial charge in [0.25, 0.3) is 0 Å². The first-order valence-electron chi connectivity index (χ1n) is 9.60. The predicted octanol–water partition coefficient (Wildman–Crippen LogP) is -1.88. The molecule has 0 aliphatic carbocycles. The molecule has 0 fully saturated rings. The SMILES string of the molecule is CSCCC(N)C(=O)NC(CC(=O)O)C(=O)NC(C(=O)NC(C(=O)O)C(C)C)C(C)O. The van der Waals surface area contributed by atoms with E-state index in [2.05, 4.69) is 16.0 Å². The molecule has 0 heterocycles. The fourth-order valence-corrected chi connectivity index (χ4v) is 2.94. The third kappa shape index (κ3) is 10.5. The van der Waals surface area contributed by atoms with Crippen molar-refractivity contribution in [1.82, 2.24) is 16.0 Å². The lowest BCUT2D eigenvalue weighted by Crippen LogP contribution is -2.60. The van der Waals surface area contributed by atoms with Crippen molar-refractivity contribution in [2.75, 3.05) is 12.0 Å². The summed E-state index contributed by atoms with van der Waals surface area (Å²) in [7, 11) is 0. The second kappa shape index (κ2) is 13.8. The molecule has 178 valence electrons. The largest absolute Gasteiger partial charge is 0.481 e. The van der Waals surface area contributed by atoms with E-state index in [4.69, 9.17) is 10.8 Å². The molecule has 0 aliphatic rings. The van der Waals surface area contributed by atoms with Gasteiger partial charge in [-0.1, -0.05) is 13.8 Å². The summed E-state index contributed by atoms with van der Waals surface area (Å²) in [6.45, 7) is 4.32. The maximum absolute atomic E-state index is 12.6. The summed E-state index contributed by atoms with van der Waals surface area (Å²) in [6.07, 6.45) is -0.0970. The number of rotatable bonds is 14. The van der Waals surface area contributed by atoms with E-state index in [1.807, 2.05) is 6.26 Å². The lowest BCUT2D eigenvalue weighted by Gasteiger charge is -2.27. The van der Waals surface area contributed by atoms with Crippen LogP contribution in [0.5, 0.6) is 0 Å². The number of amides is 3. The van der Waals surface area contributed by atoms with Crippen LogP contribution in [0.25, 0.3) is 0 Å². The van der Waals surface area contributed by atoms with E-state index in [9.17, 15) is 34.2 Å². The summed E-state index contributed by atoms with van der Waals surface area (Å²) in [6, 6.07) is -5.37. The highest BCUT2D eigenvalue weighted by atomic mass is 32.2. The molecule has 0 spiro atoms. The van der Waals surface area contributed by atoms with Crippen LogP contribution in [-0.2, 0) is 24.0 Å². The number of hydrogen-bond donors (Lipinski definition) is 7. The molecular weight excluding hydrogens is 432 g/mol. The normalized spacial score (nSPS) is 15.8. The first-order valence-corrected chi connectivity index (χ1v) is 11.0. The molecule has 0 bridgehead atoms. The van der Waals surface area contributed by atoms with Gasteiger partial charge in [0.1, 0.15) is 18.1 Å². The smallest absolute Gasteiger partial charge is 0.326 e. The van der Waals surface area contributed by atoms with Crippen LogP contribution in [0.3, 0.4) is 0 Å². The number of nitrogens with two attached hydrogens (primary N) is 1. The van der Waals surface area contributed by atoms with E-state index in [1.165, 1.54) is 18.7 Å². The second-order valence-corrected chi connectivity index (χ2v) is 8.33. The molecule has 5 atom stereocenters. The van der Waals surface area contributed by atoms with Crippen molar-refractivity contribution < 1.29 is 39.3 Å². The van der Waals surface area contributed by atoms with E-state index in [-0.39, 0.29) is 0 Å². The zero-order valence-electron chi connectivity index (χ0n) is 18.0. The Bertz CT molecular complexity index is 658. The Labute approximate surface area is 184 Å². The van der Waals surface area contributed by atoms with E-state index in [1.54, 1.807) is 13.8 Å². The highest BCUT2D eigenvalue weighted by Gasteiger charge is 2.34. The Kier molecular flexibility index (Phi) is 12.8. The zero-order chi connectivity index (χ0) is 24.3. The minimum absolute atomic E-state index is 0.304. The second-order valence-electron chi connectivity index (χ2n) is 7.34. The topological polar surface area (TPSA) is 208 Å². The average Bonchev–Trinajstić information content (AvgIpc) is 2.65. The molecule has 5 unspecified atom stereocenters. The van der Waals surface area contributed by atoms with E-state index < -0.39 is 72.3 Å². The molecule has 13 heteroatoms. The number of nitrogens with one attached hydrogen (secondary N) is 3. The Morgan fingerprint density at radius 3 is 1.87 bits per heavy atom. The van der Waals surface area contributed by atoms with Gasteiger partial charge >= 0.3 is 11.9 Å². The molecule has 0 saturated heterocycles. The highest BCUT2D eigenvalue weighted by molar-refractivity contribution is 7.98. The standard InChI is InChI=1S/C18H32N4O8S/c1-8(2)13(18(29)30)21-17(28)14(9(3)23)22-16(27)11(7-12(24)25)20-15(26)10(19)5-6-31-4/h8-11,13-14,23H,5-7,19H2,1-4H3,(H,20,26)(H,21,28)(H,22,27)(H,24,25)(H,29,30). The van der Waals surface area contributed by atoms with Gasteiger partial charge in [-0.25, -0.2) is 4.79 Å². The molecule has 0 radical (unpaired) electrons.